The van der Waals surface area contributed by atoms with E-state index in [0.29, 0.717) is 39.8 Å². The van der Waals surface area contributed by atoms with Crippen molar-refractivity contribution in [2.24, 2.45) is 0 Å². The zero-order valence-corrected chi connectivity index (χ0v) is 17.4. The molecule has 0 heterocycles. The van der Waals surface area contributed by atoms with E-state index < -0.39 is 20.5 Å². The second-order valence-electron chi connectivity index (χ2n) is 5.90. The molecule has 0 radical (unpaired) electrons. The zero-order valence-electron chi connectivity index (χ0n) is 16.6. The largest absolute Gasteiger partial charge is 0.496 e. The highest BCUT2D eigenvalue weighted by Gasteiger charge is 2.22. The van der Waals surface area contributed by atoms with Gasteiger partial charge in [-0.15, -0.1) is 0 Å². The van der Waals surface area contributed by atoms with Gasteiger partial charge in [0.15, 0.2) is 9.84 Å². The SMILES string of the molecule is COc1cc(OC)c(/C=C(\C#N)S(=O)(=O)Cc2ccc(OC)c(N)c2)c(OC)c1. The summed E-state index contributed by atoms with van der Waals surface area (Å²) in [6.07, 6.45) is 1.22. The molecule has 0 aliphatic rings. The van der Waals surface area contributed by atoms with Gasteiger partial charge in [0.2, 0.25) is 0 Å². The van der Waals surface area contributed by atoms with Crippen LogP contribution >= 0.6 is 0 Å². The van der Waals surface area contributed by atoms with Gasteiger partial charge >= 0.3 is 0 Å². The van der Waals surface area contributed by atoms with Gasteiger partial charge in [-0.3, -0.25) is 0 Å². The molecular weight excluding hydrogens is 396 g/mol. The van der Waals surface area contributed by atoms with Gasteiger partial charge in [0.05, 0.1) is 45.4 Å². The maximum atomic E-state index is 12.9. The van der Waals surface area contributed by atoms with Gasteiger partial charge in [0.25, 0.3) is 0 Å². The van der Waals surface area contributed by atoms with Gasteiger partial charge in [-0.25, -0.2) is 8.42 Å². The minimum Gasteiger partial charge on any atom is -0.496 e. The lowest BCUT2D eigenvalue weighted by Gasteiger charge is -2.13. The summed E-state index contributed by atoms with van der Waals surface area (Å²) in [5.41, 5.74) is 6.89. The number of ether oxygens (including phenoxy) is 4. The summed E-state index contributed by atoms with van der Waals surface area (Å²) in [5, 5.41) is 9.52. The standard InChI is InChI=1S/C20H22N2O6S/c1-25-14-8-19(27-3)16(20(9-14)28-4)10-15(11-21)29(23,24)12-13-5-6-18(26-2)17(22)7-13/h5-10H,12,22H2,1-4H3/b15-10+. The molecule has 2 aromatic rings. The molecule has 2 rings (SSSR count). The first-order chi connectivity index (χ1) is 13.8. The predicted octanol–water partition coefficient (Wildman–Crippen LogP) is 2.78. The smallest absolute Gasteiger partial charge is 0.192 e. The Morgan fingerprint density at radius 2 is 1.59 bits per heavy atom. The van der Waals surface area contributed by atoms with Crippen molar-refractivity contribution in [1.82, 2.24) is 0 Å². The van der Waals surface area contributed by atoms with E-state index in [1.807, 2.05) is 0 Å². The van der Waals surface area contributed by atoms with Crippen molar-refractivity contribution in [2.75, 3.05) is 34.2 Å². The Morgan fingerprint density at radius 3 is 2.03 bits per heavy atom. The van der Waals surface area contributed by atoms with Crippen LogP contribution in [0.15, 0.2) is 35.2 Å². The number of sulfone groups is 1. The van der Waals surface area contributed by atoms with E-state index >= 15 is 0 Å². The number of allylic oxidation sites excluding steroid dienone is 1. The number of methoxy groups -OCH3 is 4. The fraction of sp³-hybridized carbons (Fsp3) is 0.250. The predicted molar refractivity (Wildman–Crippen MR) is 110 cm³/mol. The summed E-state index contributed by atoms with van der Waals surface area (Å²) < 4.78 is 46.6. The Kier molecular flexibility index (Phi) is 6.96. The minimum atomic E-state index is -3.96. The van der Waals surface area contributed by atoms with E-state index in [2.05, 4.69) is 0 Å². The number of benzene rings is 2. The van der Waals surface area contributed by atoms with Gasteiger partial charge < -0.3 is 24.7 Å². The molecule has 0 spiro atoms. The van der Waals surface area contributed by atoms with Crippen LogP contribution in [0.5, 0.6) is 23.0 Å². The summed E-state index contributed by atoms with van der Waals surface area (Å²) in [6.45, 7) is 0. The highest BCUT2D eigenvalue weighted by Crippen LogP contribution is 2.36. The van der Waals surface area contributed by atoms with Crippen molar-refractivity contribution in [3.63, 3.8) is 0 Å². The third-order valence-corrected chi connectivity index (χ3v) is 5.72. The lowest BCUT2D eigenvalue weighted by atomic mass is 10.1. The number of nitrogen functional groups attached to an aromatic ring is 1. The van der Waals surface area contributed by atoms with Crippen LogP contribution in [0, 0.1) is 11.3 Å². The molecule has 0 aromatic heterocycles. The second kappa shape index (κ2) is 9.21. The molecule has 2 aromatic carbocycles. The molecule has 154 valence electrons. The molecule has 0 atom stereocenters. The number of nitriles is 1. The van der Waals surface area contributed by atoms with E-state index in [1.54, 1.807) is 30.3 Å². The van der Waals surface area contributed by atoms with Crippen molar-refractivity contribution in [1.29, 1.82) is 5.26 Å². The lowest BCUT2D eigenvalue weighted by molar-refractivity contribution is 0.374. The van der Waals surface area contributed by atoms with Crippen LogP contribution in [0.3, 0.4) is 0 Å². The first-order valence-electron chi connectivity index (χ1n) is 8.36. The summed E-state index contributed by atoms with van der Waals surface area (Å²) >= 11 is 0. The number of hydrogen-bond donors (Lipinski definition) is 1. The van der Waals surface area contributed by atoms with Crippen molar-refractivity contribution < 1.29 is 27.4 Å². The Morgan fingerprint density at radius 1 is 1.00 bits per heavy atom. The van der Waals surface area contributed by atoms with Crippen LogP contribution in [0.1, 0.15) is 11.1 Å². The fourth-order valence-corrected chi connectivity index (χ4v) is 3.88. The number of rotatable bonds is 8. The van der Waals surface area contributed by atoms with E-state index in [1.165, 1.54) is 40.6 Å². The fourth-order valence-electron chi connectivity index (χ4n) is 2.67. The number of nitrogens with zero attached hydrogens (tertiary/aromatic N) is 1. The molecule has 0 fully saturated rings. The molecule has 0 amide bonds. The lowest BCUT2D eigenvalue weighted by Crippen LogP contribution is -2.07. The van der Waals surface area contributed by atoms with E-state index in [9.17, 15) is 13.7 Å². The topological polar surface area (TPSA) is 121 Å². The highest BCUT2D eigenvalue weighted by molar-refractivity contribution is 7.95. The van der Waals surface area contributed by atoms with Crippen LogP contribution in [0.25, 0.3) is 6.08 Å². The summed E-state index contributed by atoms with van der Waals surface area (Å²) in [4.78, 5) is -0.436. The Bertz CT molecular complexity index is 1050. The number of anilines is 1. The van der Waals surface area contributed by atoms with Crippen LogP contribution in [-0.2, 0) is 15.6 Å². The van der Waals surface area contributed by atoms with Crippen molar-refractivity contribution in [3.05, 3.63) is 46.4 Å². The molecule has 0 aliphatic carbocycles. The molecule has 0 saturated carbocycles. The molecule has 0 aliphatic heterocycles. The van der Waals surface area contributed by atoms with E-state index in [0.717, 1.165) is 0 Å². The normalized spacial score (nSPS) is 11.5. The van der Waals surface area contributed by atoms with Crippen LogP contribution in [0.4, 0.5) is 5.69 Å². The van der Waals surface area contributed by atoms with Crippen LogP contribution in [0.2, 0.25) is 0 Å². The zero-order chi connectivity index (χ0) is 21.6. The quantitative estimate of drug-likeness (QED) is 0.513. The van der Waals surface area contributed by atoms with Crippen molar-refractivity contribution >= 4 is 21.6 Å². The summed E-state index contributed by atoms with van der Waals surface area (Å²) in [7, 11) is 1.83. The summed E-state index contributed by atoms with van der Waals surface area (Å²) in [6, 6.07) is 9.55. The Balaban J connectivity index is 2.51. The first-order valence-corrected chi connectivity index (χ1v) is 10.0. The molecule has 0 saturated heterocycles. The van der Waals surface area contributed by atoms with Crippen LogP contribution in [-0.4, -0.2) is 36.9 Å². The Hall–Kier alpha value is -3.38. The Labute approximate surface area is 170 Å². The molecule has 9 heteroatoms. The minimum absolute atomic E-state index is 0.304. The number of nitrogens with two attached hydrogens (primary N) is 1. The van der Waals surface area contributed by atoms with Gasteiger partial charge in [-0.2, -0.15) is 5.26 Å². The van der Waals surface area contributed by atoms with Crippen molar-refractivity contribution in [3.8, 4) is 29.1 Å². The van der Waals surface area contributed by atoms with E-state index in [4.69, 9.17) is 24.7 Å². The third-order valence-electron chi connectivity index (χ3n) is 4.12. The maximum absolute atomic E-state index is 12.9. The van der Waals surface area contributed by atoms with Gasteiger partial charge in [-0.1, -0.05) is 6.07 Å². The summed E-state index contributed by atoms with van der Waals surface area (Å²) in [5.74, 6) is 1.11. The molecule has 2 N–H and O–H groups in total. The highest BCUT2D eigenvalue weighted by atomic mass is 32.2. The van der Waals surface area contributed by atoms with E-state index in [-0.39, 0.29) is 0 Å². The first kappa shape index (κ1) is 21.9. The van der Waals surface area contributed by atoms with Gasteiger partial charge in [0.1, 0.15) is 34.0 Å². The molecular formula is C20H22N2O6S. The molecule has 0 bridgehead atoms. The number of hydrogen-bond acceptors (Lipinski definition) is 8. The molecule has 29 heavy (non-hydrogen) atoms. The second-order valence-corrected chi connectivity index (χ2v) is 7.86. The van der Waals surface area contributed by atoms with Gasteiger partial charge in [-0.05, 0) is 23.8 Å². The average molecular weight is 418 g/mol. The maximum Gasteiger partial charge on any atom is 0.192 e. The average Bonchev–Trinajstić information content (AvgIpc) is 2.71. The third kappa shape index (κ3) is 4.92. The van der Waals surface area contributed by atoms with Crippen molar-refractivity contribution in [2.45, 2.75) is 5.75 Å². The molecule has 8 nitrogen and oxygen atoms in total. The van der Waals surface area contributed by atoms with Crippen LogP contribution < -0.4 is 24.7 Å². The van der Waals surface area contributed by atoms with Gasteiger partial charge in [0, 0.05) is 12.1 Å². The molecule has 0 unspecified atom stereocenters. The monoisotopic (exact) mass is 418 g/mol.